The van der Waals surface area contributed by atoms with E-state index in [0.717, 1.165) is 0 Å². The van der Waals surface area contributed by atoms with E-state index in [-0.39, 0.29) is 18.3 Å². The van der Waals surface area contributed by atoms with Crippen LogP contribution in [0.4, 0.5) is 0 Å². The molecule has 2 fully saturated rings. The van der Waals surface area contributed by atoms with Crippen molar-refractivity contribution < 1.29 is 33.2 Å². The molecule has 0 radical (unpaired) electrons. The summed E-state index contributed by atoms with van der Waals surface area (Å²) in [5, 5.41) is 0. The smallest absolute Gasteiger partial charge is 0.163 e. The Hall–Kier alpha value is -0.540. The van der Waals surface area contributed by atoms with Crippen molar-refractivity contribution in [2.45, 2.75) is 57.6 Å². The van der Waals surface area contributed by atoms with E-state index in [1.807, 2.05) is 27.7 Å². The van der Waals surface area contributed by atoms with Gasteiger partial charge >= 0.3 is 0 Å². The summed E-state index contributed by atoms with van der Waals surface area (Å²) in [4.78, 5) is 0. The van der Waals surface area contributed by atoms with Gasteiger partial charge in [-0.2, -0.15) is 0 Å². The molecule has 0 saturated carbocycles. The fraction of sp³-hybridized carbons (Fsp3) is 0.889. The van der Waals surface area contributed by atoms with Gasteiger partial charge in [-0.3, -0.25) is 0 Å². The van der Waals surface area contributed by atoms with Gasteiger partial charge < -0.3 is 33.2 Å². The molecule has 0 aliphatic carbocycles. The molecule has 0 bridgehead atoms. The molecule has 0 spiro atoms. The minimum atomic E-state index is -0.550. The van der Waals surface area contributed by atoms with Gasteiger partial charge in [0.05, 0.1) is 46.2 Å². The minimum absolute atomic E-state index is 0.0582. The van der Waals surface area contributed by atoms with Crippen LogP contribution in [0.25, 0.3) is 0 Å². The summed E-state index contributed by atoms with van der Waals surface area (Å²) in [5.74, 6) is -1.09. The van der Waals surface area contributed by atoms with Crippen molar-refractivity contribution in [2.24, 2.45) is 0 Å². The van der Waals surface area contributed by atoms with Crippen LogP contribution in [-0.4, -0.2) is 76.1 Å². The fourth-order valence-corrected chi connectivity index (χ4v) is 2.69. The molecule has 2 aliphatic heterocycles. The second kappa shape index (κ2) is 9.41. The zero-order valence-electron chi connectivity index (χ0n) is 15.8. The van der Waals surface area contributed by atoms with Crippen LogP contribution in [0.2, 0.25) is 0 Å². The van der Waals surface area contributed by atoms with Crippen LogP contribution in [-0.2, 0) is 33.2 Å². The number of ether oxygens (including phenoxy) is 7. The number of rotatable bonds is 11. The summed E-state index contributed by atoms with van der Waals surface area (Å²) in [7, 11) is 0. The lowest BCUT2D eigenvalue weighted by molar-refractivity contribution is -0.157. The molecule has 7 heteroatoms. The molecule has 2 heterocycles. The summed E-state index contributed by atoms with van der Waals surface area (Å²) in [5.41, 5.74) is 0. The standard InChI is InChI=1S/C18H32O7/c1-6-7-19-8-14(21-11-16-13-23-18(4,5)25-16)9-20-10-15-12-22-17(2,3)24-15/h6,14-16H,1,7-13H2,2-5H3. The van der Waals surface area contributed by atoms with Gasteiger partial charge in [0.15, 0.2) is 11.6 Å². The van der Waals surface area contributed by atoms with Gasteiger partial charge in [0.25, 0.3) is 0 Å². The molecule has 0 N–H and O–H groups in total. The van der Waals surface area contributed by atoms with Gasteiger partial charge in [-0.25, -0.2) is 0 Å². The van der Waals surface area contributed by atoms with Crippen LogP contribution < -0.4 is 0 Å². The highest BCUT2D eigenvalue weighted by molar-refractivity contribution is 4.73. The average molecular weight is 360 g/mol. The van der Waals surface area contributed by atoms with Gasteiger partial charge in [-0.1, -0.05) is 6.08 Å². The molecular weight excluding hydrogens is 328 g/mol. The van der Waals surface area contributed by atoms with Crippen molar-refractivity contribution in [3.8, 4) is 0 Å². The third kappa shape index (κ3) is 7.70. The Labute approximate surface area is 150 Å². The molecule has 0 amide bonds. The van der Waals surface area contributed by atoms with E-state index < -0.39 is 11.6 Å². The topological polar surface area (TPSA) is 64.6 Å². The predicted molar refractivity (Wildman–Crippen MR) is 91.4 cm³/mol. The van der Waals surface area contributed by atoms with E-state index in [0.29, 0.717) is 46.2 Å². The minimum Gasteiger partial charge on any atom is -0.376 e. The van der Waals surface area contributed by atoms with E-state index in [1.165, 1.54) is 0 Å². The van der Waals surface area contributed by atoms with Crippen LogP contribution in [0.1, 0.15) is 27.7 Å². The molecular formula is C18H32O7. The van der Waals surface area contributed by atoms with Crippen LogP contribution in [0.5, 0.6) is 0 Å². The first-order valence-electron chi connectivity index (χ1n) is 8.81. The molecule has 146 valence electrons. The summed E-state index contributed by atoms with van der Waals surface area (Å²) < 4.78 is 39.7. The number of hydrogen-bond donors (Lipinski definition) is 0. The molecule has 2 saturated heterocycles. The first-order chi connectivity index (χ1) is 11.8. The Morgan fingerprint density at radius 3 is 2.04 bits per heavy atom. The summed E-state index contributed by atoms with van der Waals surface area (Å²) in [6.07, 6.45) is 1.38. The zero-order valence-corrected chi connectivity index (χ0v) is 15.8. The third-order valence-electron chi connectivity index (χ3n) is 3.80. The molecule has 3 unspecified atom stereocenters. The van der Waals surface area contributed by atoms with Crippen LogP contribution >= 0.6 is 0 Å². The molecule has 3 atom stereocenters. The first kappa shape index (κ1) is 20.8. The van der Waals surface area contributed by atoms with Crippen LogP contribution in [0.3, 0.4) is 0 Å². The van der Waals surface area contributed by atoms with Crippen molar-refractivity contribution in [1.82, 2.24) is 0 Å². The van der Waals surface area contributed by atoms with E-state index >= 15 is 0 Å². The molecule has 0 aromatic rings. The second-order valence-electron chi connectivity index (χ2n) is 7.22. The highest BCUT2D eigenvalue weighted by atomic mass is 16.8. The van der Waals surface area contributed by atoms with Crippen molar-refractivity contribution >= 4 is 0 Å². The zero-order chi connectivity index (χ0) is 18.3. The Kier molecular flexibility index (Phi) is 7.82. The SMILES string of the molecule is C=CCOCC(COCC1COC(C)(C)O1)OCC1COC(C)(C)O1. The monoisotopic (exact) mass is 360 g/mol. The van der Waals surface area contributed by atoms with E-state index in [1.54, 1.807) is 6.08 Å². The van der Waals surface area contributed by atoms with Crippen molar-refractivity contribution in [1.29, 1.82) is 0 Å². The molecule has 0 aromatic heterocycles. The quantitative estimate of drug-likeness (QED) is 0.412. The van der Waals surface area contributed by atoms with Gasteiger partial charge in [-0.05, 0) is 27.7 Å². The summed E-state index contributed by atoms with van der Waals surface area (Å²) >= 11 is 0. The van der Waals surface area contributed by atoms with Gasteiger partial charge in [0, 0.05) is 0 Å². The maximum atomic E-state index is 5.91. The lowest BCUT2D eigenvalue weighted by atomic mass is 10.3. The summed E-state index contributed by atoms with van der Waals surface area (Å²) in [6.45, 7) is 14.5. The van der Waals surface area contributed by atoms with Crippen molar-refractivity contribution in [2.75, 3.05) is 46.2 Å². The molecule has 0 aromatic carbocycles. The molecule has 7 nitrogen and oxygen atoms in total. The third-order valence-corrected chi connectivity index (χ3v) is 3.80. The largest absolute Gasteiger partial charge is 0.376 e. The van der Waals surface area contributed by atoms with Crippen LogP contribution in [0, 0.1) is 0 Å². The van der Waals surface area contributed by atoms with E-state index in [4.69, 9.17) is 33.2 Å². The van der Waals surface area contributed by atoms with Crippen molar-refractivity contribution in [3.63, 3.8) is 0 Å². The molecule has 2 rings (SSSR count). The first-order valence-corrected chi connectivity index (χ1v) is 8.81. The van der Waals surface area contributed by atoms with Gasteiger partial charge in [0.1, 0.15) is 18.3 Å². The number of hydrogen-bond acceptors (Lipinski definition) is 7. The average Bonchev–Trinajstić information content (AvgIpc) is 3.06. The Balaban J connectivity index is 1.68. The maximum absolute atomic E-state index is 5.91. The second-order valence-corrected chi connectivity index (χ2v) is 7.22. The Bertz CT molecular complexity index is 410. The van der Waals surface area contributed by atoms with E-state index in [2.05, 4.69) is 6.58 Å². The Morgan fingerprint density at radius 2 is 1.52 bits per heavy atom. The van der Waals surface area contributed by atoms with Crippen LogP contribution in [0.15, 0.2) is 12.7 Å². The molecule has 2 aliphatic rings. The highest BCUT2D eigenvalue weighted by Gasteiger charge is 2.34. The lowest BCUT2D eigenvalue weighted by Crippen LogP contribution is -2.33. The molecule has 25 heavy (non-hydrogen) atoms. The van der Waals surface area contributed by atoms with Crippen molar-refractivity contribution in [3.05, 3.63) is 12.7 Å². The lowest BCUT2D eigenvalue weighted by Gasteiger charge is -2.22. The predicted octanol–water partition coefficient (Wildman–Crippen LogP) is 1.89. The normalized spacial score (nSPS) is 29.0. The highest BCUT2D eigenvalue weighted by Crippen LogP contribution is 2.23. The van der Waals surface area contributed by atoms with Gasteiger partial charge in [-0.15, -0.1) is 6.58 Å². The van der Waals surface area contributed by atoms with Gasteiger partial charge in [0.2, 0.25) is 0 Å². The van der Waals surface area contributed by atoms with E-state index in [9.17, 15) is 0 Å². The maximum Gasteiger partial charge on any atom is 0.163 e. The Morgan fingerprint density at radius 1 is 0.960 bits per heavy atom. The summed E-state index contributed by atoms with van der Waals surface area (Å²) in [6, 6.07) is 0. The fourth-order valence-electron chi connectivity index (χ4n) is 2.69.